The maximum atomic E-state index is 11.6. The fourth-order valence-corrected chi connectivity index (χ4v) is 0.773. The molecule has 5 nitrogen and oxygen atoms in total. The van der Waals surface area contributed by atoms with Crippen molar-refractivity contribution in [1.82, 2.24) is 16.0 Å². The Labute approximate surface area is 84.6 Å². The van der Waals surface area contributed by atoms with Gasteiger partial charge in [-0.05, 0) is 27.8 Å². The Morgan fingerprint density at radius 1 is 1.21 bits per heavy atom. The predicted octanol–water partition coefficient (Wildman–Crippen LogP) is -0.765. The molecule has 0 radical (unpaired) electrons. The van der Waals surface area contributed by atoms with E-state index in [0.29, 0.717) is 0 Å². The summed E-state index contributed by atoms with van der Waals surface area (Å²) >= 11 is 0. The number of carbonyl (C=O) groups excluding carboxylic acids is 2. The van der Waals surface area contributed by atoms with Crippen molar-refractivity contribution in [3.63, 3.8) is 0 Å². The smallest absolute Gasteiger partial charge is 0.242 e. The molecule has 1 atom stereocenters. The van der Waals surface area contributed by atoms with Crippen molar-refractivity contribution in [3.05, 3.63) is 0 Å². The molecule has 0 spiro atoms. The van der Waals surface area contributed by atoms with Gasteiger partial charge in [0.1, 0.15) is 6.04 Å². The molecule has 2 amide bonds. The van der Waals surface area contributed by atoms with E-state index in [2.05, 4.69) is 16.0 Å². The average molecular weight is 201 g/mol. The zero-order valence-corrected chi connectivity index (χ0v) is 9.39. The van der Waals surface area contributed by atoms with Crippen LogP contribution in [0.15, 0.2) is 0 Å². The van der Waals surface area contributed by atoms with E-state index in [9.17, 15) is 9.59 Å². The fourth-order valence-electron chi connectivity index (χ4n) is 0.773. The second-order valence-corrected chi connectivity index (χ2v) is 3.68. The van der Waals surface area contributed by atoms with Crippen LogP contribution < -0.4 is 16.0 Å². The zero-order chi connectivity index (χ0) is 11.4. The SMILES string of the molecule is CNC(=O)C(C)NC(=O)C(C)(C)NC. The molecule has 0 fully saturated rings. The average Bonchev–Trinajstić information content (AvgIpc) is 2.16. The van der Waals surface area contributed by atoms with Crippen LogP contribution in [-0.4, -0.2) is 37.5 Å². The van der Waals surface area contributed by atoms with Gasteiger partial charge in [0.15, 0.2) is 0 Å². The highest BCUT2D eigenvalue weighted by Crippen LogP contribution is 2.00. The maximum Gasteiger partial charge on any atom is 0.242 e. The lowest BCUT2D eigenvalue weighted by molar-refractivity contribution is -0.131. The molecule has 0 heterocycles. The molecule has 0 saturated carbocycles. The van der Waals surface area contributed by atoms with E-state index in [1.165, 1.54) is 7.05 Å². The molecule has 0 saturated heterocycles. The summed E-state index contributed by atoms with van der Waals surface area (Å²) in [5.41, 5.74) is -0.664. The highest BCUT2D eigenvalue weighted by Gasteiger charge is 2.27. The molecular formula is C9H19N3O2. The fraction of sp³-hybridized carbons (Fsp3) is 0.778. The van der Waals surface area contributed by atoms with Crippen molar-refractivity contribution >= 4 is 11.8 Å². The van der Waals surface area contributed by atoms with Gasteiger partial charge in [-0.25, -0.2) is 0 Å². The minimum absolute atomic E-state index is 0.198. The number of rotatable bonds is 4. The third kappa shape index (κ3) is 3.33. The first-order valence-corrected chi connectivity index (χ1v) is 4.56. The first-order chi connectivity index (χ1) is 6.35. The molecule has 0 aliphatic carbocycles. The first kappa shape index (κ1) is 12.9. The Balaban J connectivity index is 4.26. The van der Waals surface area contributed by atoms with Gasteiger partial charge >= 0.3 is 0 Å². The molecule has 0 aromatic rings. The van der Waals surface area contributed by atoms with Crippen LogP contribution in [0.4, 0.5) is 0 Å². The van der Waals surface area contributed by atoms with Gasteiger partial charge in [-0.15, -0.1) is 0 Å². The van der Waals surface area contributed by atoms with Crippen LogP contribution in [-0.2, 0) is 9.59 Å². The number of hydrogen-bond donors (Lipinski definition) is 3. The molecule has 0 aliphatic heterocycles. The minimum atomic E-state index is -0.664. The topological polar surface area (TPSA) is 70.2 Å². The zero-order valence-electron chi connectivity index (χ0n) is 9.39. The van der Waals surface area contributed by atoms with E-state index >= 15 is 0 Å². The van der Waals surface area contributed by atoms with Crippen LogP contribution in [0, 0.1) is 0 Å². The lowest BCUT2D eigenvalue weighted by atomic mass is 10.0. The molecule has 0 aliphatic rings. The minimum Gasteiger partial charge on any atom is -0.357 e. The Bertz CT molecular complexity index is 226. The summed E-state index contributed by atoms with van der Waals surface area (Å²) in [5, 5.41) is 7.93. The van der Waals surface area contributed by atoms with Gasteiger partial charge in [0.25, 0.3) is 0 Å². The van der Waals surface area contributed by atoms with Crippen molar-refractivity contribution < 1.29 is 9.59 Å². The molecular weight excluding hydrogens is 182 g/mol. The third-order valence-corrected chi connectivity index (χ3v) is 2.18. The lowest BCUT2D eigenvalue weighted by Gasteiger charge is -2.24. The van der Waals surface area contributed by atoms with Crippen LogP contribution in [0.5, 0.6) is 0 Å². The Kier molecular flexibility index (Phi) is 4.56. The molecule has 1 unspecified atom stereocenters. The van der Waals surface area contributed by atoms with Crippen molar-refractivity contribution in [3.8, 4) is 0 Å². The third-order valence-electron chi connectivity index (χ3n) is 2.18. The Morgan fingerprint density at radius 2 is 1.71 bits per heavy atom. The molecule has 0 aromatic heterocycles. The van der Waals surface area contributed by atoms with Crippen LogP contribution >= 0.6 is 0 Å². The first-order valence-electron chi connectivity index (χ1n) is 4.56. The largest absolute Gasteiger partial charge is 0.357 e. The number of nitrogens with one attached hydrogen (secondary N) is 3. The second kappa shape index (κ2) is 4.95. The van der Waals surface area contributed by atoms with E-state index in [0.717, 1.165) is 0 Å². The van der Waals surface area contributed by atoms with Crippen molar-refractivity contribution in [2.24, 2.45) is 0 Å². The Morgan fingerprint density at radius 3 is 2.07 bits per heavy atom. The van der Waals surface area contributed by atoms with Crippen LogP contribution in [0.3, 0.4) is 0 Å². The summed E-state index contributed by atoms with van der Waals surface area (Å²) < 4.78 is 0. The molecule has 82 valence electrons. The summed E-state index contributed by atoms with van der Waals surface area (Å²) in [6.07, 6.45) is 0. The quantitative estimate of drug-likeness (QED) is 0.559. The van der Waals surface area contributed by atoms with E-state index in [-0.39, 0.29) is 11.8 Å². The van der Waals surface area contributed by atoms with Crippen molar-refractivity contribution in [1.29, 1.82) is 0 Å². The highest BCUT2D eigenvalue weighted by molar-refractivity contribution is 5.91. The van der Waals surface area contributed by atoms with Gasteiger partial charge < -0.3 is 16.0 Å². The Hall–Kier alpha value is -1.10. The van der Waals surface area contributed by atoms with E-state index < -0.39 is 11.6 Å². The van der Waals surface area contributed by atoms with Gasteiger partial charge in [0, 0.05) is 7.05 Å². The molecule has 14 heavy (non-hydrogen) atoms. The second-order valence-electron chi connectivity index (χ2n) is 3.68. The molecule has 5 heteroatoms. The van der Waals surface area contributed by atoms with E-state index in [4.69, 9.17) is 0 Å². The number of likely N-dealkylation sites (N-methyl/N-ethyl adjacent to an activating group) is 2. The summed E-state index contributed by atoms with van der Waals surface area (Å²) in [7, 11) is 3.23. The standard InChI is InChI=1S/C9H19N3O2/c1-6(7(13)10-4)12-8(14)9(2,3)11-5/h6,11H,1-5H3,(H,10,13)(H,12,14). The summed E-state index contributed by atoms with van der Waals surface area (Å²) in [6, 6.07) is -0.514. The van der Waals surface area contributed by atoms with Crippen LogP contribution in [0.2, 0.25) is 0 Å². The summed E-state index contributed by atoms with van der Waals surface area (Å²) in [5.74, 6) is -0.402. The van der Waals surface area contributed by atoms with Crippen molar-refractivity contribution in [2.45, 2.75) is 32.4 Å². The van der Waals surface area contributed by atoms with Gasteiger partial charge in [-0.2, -0.15) is 0 Å². The van der Waals surface area contributed by atoms with Gasteiger partial charge in [0.2, 0.25) is 11.8 Å². The maximum absolute atomic E-state index is 11.6. The normalized spacial score (nSPS) is 13.2. The highest BCUT2D eigenvalue weighted by atomic mass is 16.2. The monoisotopic (exact) mass is 201 g/mol. The van der Waals surface area contributed by atoms with Gasteiger partial charge in [-0.3, -0.25) is 9.59 Å². The van der Waals surface area contributed by atoms with Crippen LogP contribution in [0.1, 0.15) is 20.8 Å². The van der Waals surface area contributed by atoms with E-state index in [1.54, 1.807) is 27.8 Å². The van der Waals surface area contributed by atoms with Crippen molar-refractivity contribution in [2.75, 3.05) is 14.1 Å². The van der Waals surface area contributed by atoms with E-state index in [1.807, 2.05) is 0 Å². The lowest BCUT2D eigenvalue weighted by Crippen LogP contribution is -2.55. The molecule has 0 aromatic carbocycles. The van der Waals surface area contributed by atoms with Crippen LogP contribution in [0.25, 0.3) is 0 Å². The van der Waals surface area contributed by atoms with Gasteiger partial charge in [-0.1, -0.05) is 0 Å². The molecule has 0 bridgehead atoms. The number of carbonyl (C=O) groups is 2. The molecule has 3 N–H and O–H groups in total. The number of amides is 2. The summed E-state index contributed by atoms with van der Waals surface area (Å²) in [6.45, 7) is 5.14. The summed E-state index contributed by atoms with van der Waals surface area (Å²) in [4.78, 5) is 22.7. The van der Waals surface area contributed by atoms with Gasteiger partial charge in [0.05, 0.1) is 5.54 Å². The number of hydrogen-bond acceptors (Lipinski definition) is 3. The predicted molar refractivity (Wildman–Crippen MR) is 54.8 cm³/mol. The molecule has 0 rings (SSSR count).